The molecule has 0 heterocycles. The fourth-order valence-electron chi connectivity index (χ4n) is 2.51. The van der Waals surface area contributed by atoms with Crippen molar-refractivity contribution in [1.29, 1.82) is 0 Å². The van der Waals surface area contributed by atoms with Crippen molar-refractivity contribution in [3.63, 3.8) is 0 Å². The molecule has 0 atom stereocenters. The molecule has 4 nitrogen and oxygen atoms in total. The third kappa shape index (κ3) is 3.59. The van der Waals surface area contributed by atoms with E-state index in [0.29, 0.717) is 16.8 Å². The maximum Gasteiger partial charge on any atom is 0.247 e. The van der Waals surface area contributed by atoms with E-state index in [4.69, 9.17) is 4.74 Å². The quantitative estimate of drug-likeness (QED) is 0.746. The van der Waals surface area contributed by atoms with Crippen LogP contribution < -0.4 is 4.74 Å². The average Bonchev–Trinajstić information content (AvgIpc) is 3.38. The Morgan fingerprint density at radius 3 is 2.48 bits per heavy atom. The van der Waals surface area contributed by atoms with Gasteiger partial charge in [0.05, 0.1) is 7.11 Å². The van der Waals surface area contributed by atoms with E-state index in [1.54, 1.807) is 22.5 Å². The maximum absolute atomic E-state index is 13.2. The normalized spacial score (nSPS) is 14.9. The summed E-state index contributed by atoms with van der Waals surface area (Å²) in [6.07, 6.45) is 1.81. The molecular formula is C17H18BrNO3S. The Hall–Kier alpha value is -1.37. The fraction of sp³-hybridized carbons (Fsp3) is 0.294. The molecule has 0 amide bonds. The highest BCUT2D eigenvalue weighted by Crippen LogP contribution is 2.37. The van der Waals surface area contributed by atoms with Gasteiger partial charge in [0.25, 0.3) is 0 Å². The minimum Gasteiger partial charge on any atom is -0.495 e. The zero-order chi connectivity index (χ0) is 16.4. The molecule has 0 aromatic heterocycles. The first kappa shape index (κ1) is 16.5. The van der Waals surface area contributed by atoms with E-state index in [1.807, 2.05) is 30.3 Å². The zero-order valence-corrected chi connectivity index (χ0v) is 15.2. The van der Waals surface area contributed by atoms with Crippen LogP contribution in [0.4, 0.5) is 0 Å². The summed E-state index contributed by atoms with van der Waals surface area (Å²) in [7, 11) is -2.14. The van der Waals surface area contributed by atoms with Gasteiger partial charge in [-0.15, -0.1) is 0 Å². The Balaban J connectivity index is 2.00. The third-order valence-corrected chi connectivity index (χ3v) is 6.26. The first-order valence-electron chi connectivity index (χ1n) is 7.41. The van der Waals surface area contributed by atoms with Crippen LogP contribution in [0.25, 0.3) is 0 Å². The molecule has 122 valence electrons. The zero-order valence-electron chi connectivity index (χ0n) is 12.8. The monoisotopic (exact) mass is 395 g/mol. The van der Waals surface area contributed by atoms with E-state index in [2.05, 4.69) is 15.9 Å². The number of benzene rings is 2. The van der Waals surface area contributed by atoms with Crippen molar-refractivity contribution < 1.29 is 13.2 Å². The summed E-state index contributed by atoms with van der Waals surface area (Å²) in [4.78, 5) is 0.206. The van der Waals surface area contributed by atoms with Crippen LogP contribution in [-0.4, -0.2) is 25.9 Å². The molecule has 0 unspecified atom stereocenters. The second-order valence-electron chi connectivity index (χ2n) is 5.56. The average molecular weight is 396 g/mol. The van der Waals surface area contributed by atoms with E-state index in [0.717, 1.165) is 18.4 Å². The van der Waals surface area contributed by atoms with Gasteiger partial charge in [0, 0.05) is 17.1 Å². The number of hydrogen-bond acceptors (Lipinski definition) is 3. The first-order valence-corrected chi connectivity index (χ1v) is 9.65. The standard InChI is InChI=1S/C17H18BrNO3S/c1-22-16-10-7-14(18)11-17(16)23(20,21)19(15-8-9-15)12-13-5-3-2-4-6-13/h2-7,10-11,15H,8-9,12H2,1H3. The fourth-order valence-corrected chi connectivity index (χ4v) is 4.88. The molecule has 1 saturated carbocycles. The number of ether oxygens (including phenoxy) is 1. The smallest absolute Gasteiger partial charge is 0.247 e. The number of rotatable bonds is 6. The molecule has 3 rings (SSSR count). The minimum atomic E-state index is -3.62. The van der Waals surface area contributed by atoms with Gasteiger partial charge >= 0.3 is 0 Å². The Labute approximate surface area is 145 Å². The molecule has 2 aromatic carbocycles. The molecule has 0 N–H and O–H groups in total. The Kier molecular flexibility index (Phi) is 4.75. The predicted octanol–water partition coefficient (Wildman–Crippen LogP) is 3.81. The van der Waals surface area contributed by atoms with E-state index in [9.17, 15) is 8.42 Å². The number of sulfonamides is 1. The van der Waals surface area contributed by atoms with Crippen LogP contribution >= 0.6 is 15.9 Å². The molecule has 0 saturated heterocycles. The highest BCUT2D eigenvalue weighted by atomic mass is 79.9. The van der Waals surface area contributed by atoms with Crippen LogP contribution in [0, 0.1) is 0 Å². The third-order valence-electron chi connectivity index (χ3n) is 3.85. The second kappa shape index (κ2) is 6.63. The van der Waals surface area contributed by atoms with Gasteiger partial charge in [0.2, 0.25) is 10.0 Å². The van der Waals surface area contributed by atoms with Crippen LogP contribution in [0.1, 0.15) is 18.4 Å². The predicted molar refractivity (Wildman–Crippen MR) is 92.9 cm³/mol. The van der Waals surface area contributed by atoms with E-state index in [-0.39, 0.29) is 10.9 Å². The van der Waals surface area contributed by atoms with Crippen molar-refractivity contribution in [1.82, 2.24) is 4.31 Å². The molecular weight excluding hydrogens is 378 g/mol. The lowest BCUT2D eigenvalue weighted by Crippen LogP contribution is -2.33. The van der Waals surface area contributed by atoms with Gasteiger partial charge < -0.3 is 4.74 Å². The van der Waals surface area contributed by atoms with Crippen molar-refractivity contribution in [2.24, 2.45) is 0 Å². The Bertz CT molecular complexity index is 789. The minimum absolute atomic E-state index is 0.0730. The number of hydrogen-bond donors (Lipinski definition) is 0. The van der Waals surface area contributed by atoms with Crippen LogP contribution in [0.5, 0.6) is 5.75 Å². The molecule has 0 spiro atoms. The summed E-state index contributed by atoms with van der Waals surface area (Å²) in [5.74, 6) is 0.368. The highest BCUT2D eigenvalue weighted by molar-refractivity contribution is 9.10. The summed E-state index contributed by atoms with van der Waals surface area (Å²) in [6, 6.07) is 14.8. The van der Waals surface area contributed by atoms with Gasteiger partial charge in [0.1, 0.15) is 10.6 Å². The lowest BCUT2D eigenvalue weighted by Gasteiger charge is -2.23. The van der Waals surface area contributed by atoms with Crippen LogP contribution in [0.3, 0.4) is 0 Å². The largest absolute Gasteiger partial charge is 0.495 e. The van der Waals surface area contributed by atoms with Gasteiger partial charge in [-0.25, -0.2) is 8.42 Å². The van der Waals surface area contributed by atoms with Gasteiger partial charge in [0.15, 0.2) is 0 Å². The van der Waals surface area contributed by atoms with Crippen molar-refractivity contribution in [2.45, 2.75) is 30.3 Å². The van der Waals surface area contributed by atoms with Crippen molar-refractivity contribution >= 4 is 26.0 Å². The number of nitrogens with zero attached hydrogens (tertiary/aromatic N) is 1. The van der Waals surface area contributed by atoms with E-state index in [1.165, 1.54) is 7.11 Å². The van der Waals surface area contributed by atoms with Gasteiger partial charge in [-0.3, -0.25) is 0 Å². The molecule has 0 radical (unpaired) electrons. The molecule has 23 heavy (non-hydrogen) atoms. The molecule has 2 aromatic rings. The summed E-state index contributed by atoms with van der Waals surface area (Å²) in [6.45, 7) is 0.378. The first-order chi connectivity index (χ1) is 11.0. The Morgan fingerprint density at radius 1 is 1.17 bits per heavy atom. The van der Waals surface area contributed by atoms with Crippen LogP contribution in [0.15, 0.2) is 57.9 Å². The number of methoxy groups -OCH3 is 1. The van der Waals surface area contributed by atoms with Crippen LogP contribution in [-0.2, 0) is 16.6 Å². The maximum atomic E-state index is 13.2. The lowest BCUT2D eigenvalue weighted by atomic mass is 10.2. The highest BCUT2D eigenvalue weighted by Gasteiger charge is 2.39. The molecule has 0 aliphatic heterocycles. The molecule has 0 bridgehead atoms. The number of halogens is 1. The molecule has 6 heteroatoms. The van der Waals surface area contributed by atoms with Gasteiger partial charge in [-0.05, 0) is 36.6 Å². The van der Waals surface area contributed by atoms with E-state index >= 15 is 0 Å². The lowest BCUT2D eigenvalue weighted by molar-refractivity contribution is 0.381. The van der Waals surface area contributed by atoms with Gasteiger partial charge in [-0.1, -0.05) is 46.3 Å². The molecule has 1 aliphatic rings. The molecule has 1 fully saturated rings. The summed E-state index contributed by atoms with van der Waals surface area (Å²) < 4.78 is 33.9. The van der Waals surface area contributed by atoms with Gasteiger partial charge in [-0.2, -0.15) is 4.31 Å². The molecule has 1 aliphatic carbocycles. The summed E-state index contributed by atoms with van der Waals surface area (Å²) >= 11 is 3.35. The topological polar surface area (TPSA) is 46.6 Å². The summed E-state index contributed by atoms with van der Waals surface area (Å²) in [5, 5.41) is 0. The van der Waals surface area contributed by atoms with Crippen LogP contribution in [0.2, 0.25) is 0 Å². The van der Waals surface area contributed by atoms with Crippen molar-refractivity contribution in [2.75, 3.05) is 7.11 Å². The van der Waals surface area contributed by atoms with E-state index < -0.39 is 10.0 Å². The SMILES string of the molecule is COc1ccc(Br)cc1S(=O)(=O)N(Cc1ccccc1)C1CC1. The second-order valence-corrected chi connectivity index (χ2v) is 8.34. The summed E-state index contributed by atoms with van der Waals surface area (Å²) in [5.41, 5.74) is 0.983. The Morgan fingerprint density at radius 2 is 1.87 bits per heavy atom. The van der Waals surface area contributed by atoms with Crippen molar-refractivity contribution in [3.8, 4) is 5.75 Å². The van der Waals surface area contributed by atoms with Crippen molar-refractivity contribution in [3.05, 3.63) is 58.6 Å².